The summed E-state index contributed by atoms with van der Waals surface area (Å²) in [4.78, 5) is 24.3. The van der Waals surface area contributed by atoms with E-state index in [2.05, 4.69) is 10.9 Å². The van der Waals surface area contributed by atoms with Crippen LogP contribution in [0.25, 0.3) is 0 Å². The molecule has 2 amide bonds. The normalized spacial score (nSPS) is 11.3. The number of hydrogen-bond acceptors (Lipinski definition) is 5. The molecule has 2 rings (SSSR count). The smallest absolute Gasteiger partial charge is 0.269 e. The lowest BCUT2D eigenvalue weighted by Crippen LogP contribution is -2.42. The van der Waals surface area contributed by atoms with Gasteiger partial charge in [0.15, 0.2) is 0 Å². The van der Waals surface area contributed by atoms with Gasteiger partial charge in [-0.05, 0) is 30.7 Å². The number of thioether (sulfide) groups is 1. The van der Waals surface area contributed by atoms with Crippen molar-refractivity contribution in [2.24, 2.45) is 0 Å². The van der Waals surface area contributed by atoms with Gasteiger partial charge in [-0.2, -0.15) is 4.31 Å². The maximum Gasteiger partial charge on any atom is 0.269 e. The molecular weight excluding hydrogens is 422 g/mol. The average molecular weight is 450 g/mol. The van der Waals surface area contributed by atoms with E-state index in [0.29, 0.717) is 18.8 Å². The van der Waals surface area contributed by atoms with Gasteiger partial charge in [0.05, 0.1) is 10.6 Å². The van der Waals surface area contributed by atoms with E-state index in [4.69, 9.17) is 0 Å². The summed E-state index contributed by atoms with van der Waals surface area (Å²) in [5.41, 5.74) is 7.14. The molecule has 0 bridgehead atoms. The van der Waals surface area contributed by atoms with E-state index in [1.165, 1.54) is 45.9 Å². The Morgan fingerprint density at radius 1 is 1.00 bits per heavy atom. The second-order valence-corrected chi connectivity index (χ2v) is 9.52. The van der Waals surface area contributed by atoms with Crippen LogP contribution in [0.3, 0.4) is 0 Å². The van der Waals surface area contributed by atoms with Gasteiger partial charge in [-0.25, -0.2) is 8.42 Å². The third kappa shape index (κ3) is 6.58. The van der Waals surface area contributed by atoms with Crippen LogP contribution in [0.2, 0.25) is 0 Å². The highest BCUT2D eigenvalue weighted by Crippen LogP contribution is 2.17. The minimum absolute atomic E-state index is 0.0406. The molecular formula is C21H27N3O4S2. The molecule has 7 nitrogen and oxygen atoms in total. The van der Waals surface area contributed by atoms with Crippen LogP contribution in [-0.4, -0.2) is 43.4 Å². The largest absolute Gasteiger partial charge is 0.272 e. The summed E-state index contributed by atoms with van der Waals surface area (Å²) in [6.45, 7) is 6.20. The van der Waals surface area contributed by atoms with Crippen molar-refractivity contribution in [1.29, 1.82) is 0 Å². The van der Waals surface area contributed by atoms with Crippen LogP contribution in [-0.2, 0) is 20.6 Å². The maximum absolute atomic E-state index is 12.6. The molecule has 0 unspecified atom stereocenters. The van der Waals surface area contributed by atoms with Crippen molar-refractivity contribution in [2.75, 3.05) is 18.8 Å². The lowest BCUT2D eigenvalue weighted by Gasteiger charge is -2.18. The van der Waals surface area contributed by atoms with Crippen molar-refractivity contribution in [3.63, 3.8) is 0 Å². The molecule has 0 radical (unpaired) electrons. The van der Waals surface area contributed by atoms with Crippen molar-refractivity contribution in [2.45, 2.75) is 31.4 Å². The van der Waals surface area contributed by atoms with Crippen molar-refractivity contribution in [3.05, 3.63) is 65.2 Å². The van der Waals surface area contributed by atoms with E-state index >= 15 is 0 Å². The maximum atomic E-state index is 12.6. The number of hydrazine groups is 1. The first kappa shape index (κ1) is 23.9. The molecule has 0 saturated heterocycles. The van der Waals surface area contributed by atoms with Crippen molar-refractivity contribution in [1.82, 2.24) is 15.2 Å². The van der Waals surface area contributed by atoms with Gasteiger partial charge in [-0.15, -0.1) is 11.8 Å². The highest BCUT2D eigenvalue weighted by atomic mass is 32.2. The molecule has 2 aromatic carbocycles. The summed E-state index contributed by atoms with van der Waals surface area (Å²) < 4.78 is 26.5. The van der Waals surface area contributed by atoms with Gasteiger partial charge < -0.3 is 0 Å². The molecule has 2 N–H and O–H groups in total. The van der Waals surface area contributed by atoms with Crippen LogP contribution >= 0.6 is 11.8 Å². The second-order valence-electron chi connectivity index (χ2n) is 6.60. The first-order valence-corrected chi connectivity index (χ1v) is 12.2. The summed E-state index contributed by atoms with van der Waals surface area (Å²) in [5, 5.41) is 0. The molecule has 0 heterocycles. The van der Waals surface area contributed by atoms with Gasteiger partial charge >= 0.3 is 0 Å². The summed E-state index contributed by atoms with van der Waals surface area (Å²) in [6, 6.07) is 13.8. The third-order valence-corrected chi connectivity index (χ3v) is 7.43. The number of nitrogens with zero attached hydrogens (tertiary/aromatic N) is 1. The molecule has 0 spiro atoms. The molecule has 0 aromatic heterocycles. The van der Waals surface area contributed by atoms with Crippen LogP contribution < -0.4 is 10.9 Å². The molecule has 0 saturated carbocycles. The third-order valence-electron chi connectivity index (χ3n) is 4.38. The fourth-order valence-electron chi connectivity index (χ4n) is 2.69. The first-order chi connectivity index (χ1) is 14.3. The van der Waals surface area contributed by atoms with Crippen LogP contribution in [0.5, 0.6) is 0 Å². The van der Waals surface area contributed by atoms with E-state index < -0.39 is 15.9 Å². The van der Waals surface area contributed by atoms with E-state index in [9.17, 15) is 18.0 Å². The molecule has 0 aliphatic rings. The standard InChI is InChI=1S/C21H27N3O4S2/c1-4-24(5-2)30(27,28)19-8-6-7-18(13-19)21(26)23-22-20(25)15-29-14-17-11-9-16(3)10-12-17/h6-13H,4-5,14-15H2,1-3H3,(H,22,25)(H,23,26). The number of nitrogens with one attached hydrogen (secondary N) is 2. The fraction of sp³-hybridized carbons (Fsp3) is 0.333. The summed E-state index contributed by atoms with van der Waals surface area (Å²) >= 11 is 1.43. The van der Waals surface area contributed by atoms with E-state index in [-0.39, 0.29) is 22.1 Å². The lowest BCUT2D eigenvalue weighted by molar-refractivity contribution is -0.119. The second kappa shape index (κ2) is 11.1. The molecule has 0 aliphatic heterocycles. The molecule has 0 fully saturated rings. The average Bonchev–Trinajstić information content (AvgIpc) is 2.74. The number of aryl methyl sites for hydroxylation is 1. The summed E-state index contributed by atoms with van der Waals surface area (Å²) in [7, 11) is -3.67. The van der Waals surface area contributed by atoms with Gasteiger partial charge in [0, 0.05) is 24.4 Å². The monoisotopic (exact) mass is 449 g/mol. The van der Waals surface area contributed by atoms with Gasteiger partial charge in [-0.1, -0.05) is 49.7 Å². The Morgan fingerprint density at radius 3 is 2.30 bits per heavy atom. The molecule has 0 atom stereocenters. The zero-order valence-electron chi connectivity index (χ0n) is 17.3. The minimum atomic E-state index is -3.67. The molecule has 9 heteroatoms. The van der Waals surface area contributed by atoms with Crippen LogP contribution in [0.15, 0.2) is 53.4 Å². The predicted octanol–water partition coefficient (Wildman–Crippen LogP) is 2.72. The molecule has 30 heavy (non-hydrogen) atoms. The Morgan fingerprint density at radius 2 is 1.67 bits per heavy atom. The number of benzene rings is 2. The fourth-order valence-corrected chi connectivity index (χ4v) is 4.98. The number of amides is 2. The summed E-state index contributed by atoms with van der Waals surface area (Å²) in [5.74, 6) is -0.0480. The molecule has 0 aliphatic carbocycles. The van der Waals surface area contributed by atoms with Gasteiger partial charge in [0.1, 0.15) is 0 Å². The van der Waals surface area contributed by atoms with Crippen molar-refractivity contribution in [3.8, 4) is 0 Å². The first-order valence-electron chi connectivity index (χ1n) is 9.60. The van der Waals surface area contributed by atoms with Crippen LogP contribution in [0.4, 0.5) is 0 Å². The number of sulfonamides is 1. The van der Waals surface area contributed by atoms with Crippen molar-refractivity contribution >= 4 is 33.6 Å². The van der Waals surface area contributed by atoms with Crippen LogP contribution in [0.1, 0.15) is 35.3 Å². The van der Waals surface area contributed by atoms with E-state index in [1.807, 2.05) is 31.2 Å². The predicted molar refractivity (Wildman–Crippen MR) is 119 cm³/mol. The van der Waals surface area contributed by atoms with Gasteiger partial charge in [0.25, 0.3) is 5.91 Å². The Bertz CT molecular complexity index is 972. The van der Waals surface area contributed by atoms with Gasteiger partial charge in [0.2, 0.25) is 15.9 Å². The summed E-state index contributed by atoms with van der Waals surface area (Å²) in [6.07, 6.45) is 0. The van der Waals surface area contributed by atoms with E-state index in [1.54, 1.807) is 13.8 Å². The van der Waals surface area contributed by atoms with Crippen LogP contribution in [0, 0.1) is 6.92 Å². The molecule has 162 valence electrons. The number of rotatable bonds is 9. The SMILES string of the molecule is CCN(CC)S(=O)(=O)c1cccc(C(=O)NNC(=O)CSCc2ccc(C)cc2)c1. The quantitative estimate of drug-likeness (QED) is 0.574. The Balaban J connectivity index is 1.88. The minimum Gasteiger partial charge on any atom is -0.272 e. The Labute approximate surface area is 182 Å². The van der Waals surface area contributed by atoms with E-state index in [0.717, 1.165) is 5.56 Å². The lowest BCUT2D eigenvalue weighted by atomic mass is 10.2. The zero-order chi connectivity index (χ0) is 22.1. The van der Waals surface area contributed by atoms with Crippen molar-refractivity contribution < 1.29 is 18.0 Å². The Hall–Kier alpha value is -2.36. The number of carbonyl (C=O) groups is 2. The zero-order valence-corrected chi connectivity index (χ0v) is 19.0. The number of hydrogen-bond donors (Lipinski definition) is 2. The molecule has 2 aromatic rings. The topological polar surface area (TPSA) is 95.6 Å². The van der Waals surface area contributed by atoms with Gasteiger partial charge in [-0.3, -0.25) is 20.4 Å². The highest BCUT2D eigenvalue weighted by molar-refractivity contribution is 7.99. The Kier molecular flexibility index (Phi) is 8.88. The number of carbonyl (C=O) groups excluding carboxylic acids is 2. The highest BCUT2D eigenvalue weighted by Gasteiger charge is 2.22.